The molecule has 1 aromatic rings. The molecule has 1 saturated heterocycles. The van der Waals surface area contributed by atoms with Crippen LogP contribution in [0.5, 0.6) is 0 Å². The average molecular weight is 348 g/mol. The molecule has 130 valence electrons. The monoisotopic (exact) mass is 348 g/mol. The van der Waals surface area contributed by atoms with Crippen LogP contribution in [0.15, 0.2) is 17.0 Å². The normalized spacial score (nSPS) is 24.3. The van der Waals surface area contributed by atoms with Gasteiger partial charge in [0.15, 0.2) is 0 Å². The summed E-state index contributed by atoms with van der Waals surface area (Å²) >= 11 is 0. The molecule has 24 heavy (non-hydrogen) atoms. The summed E-state index contributed by atoms with van der Waals surface area (Å²) in [7, 11) is -3.48. The summed E-state index contributed by atoms with van der Waals surface area (Å²) in [5, 5.41) is 0. The maximum absolute atomic E-state index is 13.2. The summed E-state index contributed by atoms with van der Waals surface area (Å²) in [6, 6.07) is 3.67. The highest BCUT2D eigenvalue weighted by Gasteiger charge is 2.37. The van der Waals surface area contributed by atoms with Gasteiger partial charge < -0.3 is 4.90 Å². The van der Waals surface area contributed by atoms with Crippen LogP contribution in [0.25, 0.3) is 0 Å². The molecule has 0 aliphatic carbocycles. The molecule has 1 aromatic carbocycles. The Kier molecular flexibility index (Phi) is 3.92. The van der Waals surface area contributed by atoms with Crippen LogP contribution in [-0.4, -0.2) is 37.8 Å². The van der Waals surface area contributed by atoms with Gasteiger partial charge in [0.1, 0.15) is 0 Å². The predicted molar refractivity (Wildman–Crippen MR) is 92.6 cm³/mol. The number of nitrogens with zero attached hydrogens (tertiary/aromatic N) is 2. The molecule has 0 bridgehead atoms. The number of hydrogen-bond acceptors (Lipinski definition) is 3. The zero-order valence-electron chi connectivity index (χ0n) is 14.1. The summed E-state index contributed by atoms with van der Waals surface area (Å²) < 4.78 is 28.2. The van der Waals surface area contributed by atoms with E-state index in [4.69, 9.17) is 0 Å². The van der Waals surface area contributed by atoms with Crippen LogP contribution in [0.4, 0.5) is 5.69 Å². The van der Waals surface area contributed by atoms with Gasteiger partial charge in [-0.2, -0.15) is 4.31 Å². The minimum atomic E-state index is -3.48. The van der Waals surface area contributed by atoms with Crippen LogP contribution in [-0.2, 0) is 27.7 Å². The zero-order chi connectivity index (χ0) is 16.9. The van der Waals surface area contributed by atoms with Crippen molar-refractivity contribution in [3.05, 3.63) is 23.3 Å². The lowest BCUT2D eigenvalue weighted by Crippen LogP contribution is -2.43. The molecule has 1 amide bonds. The summed E-state index contributed by atoms with van der Waals surface area (Å²) in [6.45, 7) is 3.43. The summed E-state index contributed by atoms with van der Waals surface area (Å²) in [6.07, 6.45) is 5.92. The number of piperidine rings is 1. The molecule has 3 aliphatic rings. The second-order valence-corrected chi connectivity index (χ2v) is 8.98. The van der Waals surface area contributed by atoms with Gasteiger partial charge in [-0.05, 0) is 55.4 Å². The Morgan fingerprint density at radius 2 is 1.92 bits per heavy atom. The number of hydrogen-bond donors (Lipinski definition) is 0. The average Bonchev–Trinajstić information content (AvgIpc) is 2.92. The molecule has 1 fully saturated rings. The van der Waals surface area contributed by atoms with Gasteiger partial charge in [0, 0.05) is 19.1 Å². The number of aryl methyl sites for hydroxylation is 1. The standard InChI is InChI=1S/C18H24N2O3S/c1-2-15-7-3-4-9-20(15)24(22,23)16-10-13-6-5-8-19-17(21)12-14(11-16)18(13)19/h10-11,15H,2-9,12H2,1H3/t15-/m1/s1. The molecule has 0 spiro atoms. The molecule has 0 saturated carbocycles. The maximum Gasteiger partial charge on any atom is 0.243 e. The predicted octanol–water partition coefficient (Wildman–Crippen LogP) is 2.48. The van der Waals surface area contributed by atoms with E-state index in [2.05, 4.69) is 6.92 Å². The zero-order valence-corrected chi connectivity index (χ0v) is 14.9. The van der Waals surface area contributed by atoms with E-state index in [0.29, 0.717) is 17.9 Å². The number of sulfonamides is 1. The summed E-state index contributed by atoms with van der Waals surface area (Å²) in [5.74, 6) is 0.102. The molecule has 3 heterocycles. The third-order valence-corrected chi connectivity index (χ3v) is 7.56. The molecular weight excluding hydrogens is 324 g/mol. The Hall–Kier alpha value is -1.40. The van der Waals surface area contributed by atoms with Crippen molar-refractivity contribution in [3.8, 4) is 0 Å². The number of carbonyl (C=O) groups is 1. The molecule has 0 radical (unpaired) electrons. The van der Waals surface area contributed by atoms with Gasteiger partial charge in [-0.1, -0.05) is 13.3 Å². The number of anilines is 1. The first kappa shape index (κ1) is 16.1. The third kappa shape index (κ3) is 2.39. The topological polar surface area (TPSA) is 57.7 Å². The van der Waals surface area contributed by atoms with Crippen molar-refractivity contribution in [2.24, 2.45) is 0 Å². The molecular formula is C18H24N2O3S. The number of carbonyl (C=O) groups excluding carboxylic acids is 1. The Bertz CT molecular complexity index is 788. The first-order chi connectivity index (χ1) is 11.5. The second kappa shape index (κ2) is 5.85. The Balaban J connectivity index is 1.77. The van der Waals surface area contributed by atoms with Crippen molar-refractivity contribution < 1.29 is 13.2 Å². The van der Waals surface area contributed by atoms with E-state index in [1.54, 1.807) is 10.4 Å². The number of rotatable bonds is 3. The van der Waals surface area contributed by atoms with Crippen LogP contribution < -0.4 is 4.90 Å². The minimum Gasteiger partial charge on any atom is -0.312 e. The van der Waals surface area contributed by atoms with E-state index >= 15 is 0 Å². The van der Waals surface area contributed by atoms with E-state index in [0.717, 1.165) is 61.9 Å². The first-order valence-electron chi connectivity index (χ1n) is 9.00. The van der Waals surface area contributed by atoms with Crippen molar-refractivity contribution >= 4 is 21.6 Å². The van der Waals surface area contributed by atoms with Gasteiger partial charge in [-0.15, -0.1) is 0 Å². The lowest BCUT2D eigenvalue weighted by atomic mass is 10.0. The van der Waals surface area contributed by atoms with Crippen molar-refractivity contribution in [2.75, 3.05) is 18.0 Å². The molecule has 4 rings (SSSR count). The highest BCUT2D eigenvalue weighted by atomic mass is 32.2. The minimum absolute atomic E-state index is 0.102. The Labute approximate surface area is 143 Å². The quantitative estimate of drug-likeness (QED) is 0.843. The molecule has 6 heteroatoms. The van der Waals surface area contributed by atoms with Gasteiger partial charge in [0.2, 0.25) is 15.9 Å². The lowest BCUT2D eigenvalue weighted by Gasteiger charge is -2.34. The fourth-order valence-electron chi connectivity index (χ4n) is 4.43. The summed E-state index contributed by atoms with van der Waals surface area (Å²) in [5.41, 5.74) is 2.89. The molecule has 1 atom stereocenters. The van der Waals surface area contributed by atoms with E-state index in [1.165, 1.54) is 0 Å². The lowest BCUT2D eigenvalue weighted by molar-refractivity contribution is -0.117. The molecule has 5 nitrogen and oxygen atoms in total. The van der Waals surface area contributed by atoms with Crippen molar-refractivity contribution in [2.45, 2.75) is 62.8 Å². The largest absolute Gasteiger partial charge is 0.312 e. The SMILES string of the molecule is CC[C@@H]1CCCCN1S(=O)(=O)c1cc2c3c(c1)CC(=O)N3CCC2. The smallest absolute Gasteiger partial charge is 0.243 e. The fourth-order valence-corrected chi connectivity index (χ4v) is 6.30. The van der Waals surface area contributed by atoms with Crippen LogP contribution in [0.3, 0.4) is 0 Å². The Morgan fingerprint density at radius 1 is 1.12 bits per heavy atom. The van der Waals surface area contributed by atoms with E-state index < -0.39 is 10.0 Å². The van der Waals surface area contributed by atoms with Crippen molar-refractivity contribution in [1.82, 2.24) is 4.31 Å². The van der Waals surface area contributed by atoms with Gasteiger partial charge in [0.05, 0.1) is 17.0 Å². The van der Waals surface area contributed by atoms with E-state index in [9.17, 15) is 13.2 Å². The van der Waals surface area contributed by atoms with Crippen LogP contribution >= 0.6 is 0 Å². The highest BCUT2D eigenvalue weighted by molar-refractivity contribution is 7.89. The fraction of sp³-hybridized carbons (Fsp3) is 0.611. The van der Waals surface area contributed by atoms with E-state index in [-0.39, 0.29) is 11.9 Å². The molecule has 0 aromatic heterocycles. The van der Waals surface area contributed by atoms with Crippen molar-refractivity contribution in [1.29, 1.82) is 0 Å². The van der Waals surface area contributed by atoms with Gasteiger partial charge >= 0.3 is 0 Å². The first-order valence-corrected chi connectivity index (χ1v) is 10.4. The van der Waals surface area contributed by atoms with Crippen LogP contribution in [0.2, 0.25) is 0 Å². The Morgan fingerprint density at radius 3 is 2.71 bits per heavy atom. The maximum atomic E-state index is 13.2. The number of benzene rings is 1. The van der Waals surface area contributed by atoms with Crippen molar-refractivity contribution in [3.63, 3.8) is 0 Å². The molecule has 3 aliphatic heterocycles. The van der Waals surface area contributed by atoms with Gasteiger partial charge in [-0.25, -0.2) is 8.42 Å². The van der Waals surface area contributed by atoms with E-state index in [1.807, 2.05) is 11.0 Å². The van der Waals surface area contributed by atoms with Crippen LogP contribution in [0.1, 0.15) is 50.2 Å². The second-order valence-electron chi connectivity index (χ2n) is 7.09. The van der Waals surface area contributed by atoms with Gasteiger partial charge in [0.25, 0.3) is 0 Å². The number of amides is 1. The summed E-state index contributed by atoms with van der Waals surface area (Å²) in [4.78, 5) is 14.4. The van der Waals surface area contributed by atoms with Gasteiger partial charge in [-0.3, -0.25) is 4.79 Å². The van der Waals surface area contributed by atoms with Crippen LogP contribution in [0, 0.1) is 0 Å². The third-order valence-electron chi connectivity index (χ3n) is 5.63. The molecule has 0 unspecified atom stereocenters. The molecule has 0 N–H and O–H groups in total. The highest BCUT2D eigenvalue weighted by Crippen LogP contribution is 2.39.